The third kappa shape index (κ3) is 3.72. The van der Waals surface area contributed by atoms with Crippen LogP contribution < -0.4 is 5.32 Å². The molecule has 0 bridgehead atoms. The number of halogens is 1. The van der Waals surface area contributed by atoms with Gasteiger partial charge in [0.25, 0.3) is 5.69 Å². The highest BCUT2D eigenvalue weighted by molar-refractivity contribution is 5.66. The first-order valence-electron chi connectivity index (χ1n) is 5.74. The number of anilines is 1. The van der Waals surface area contributed by atoms with Gasteiger partial charge in [0.05, 0.1) is 23.7 Å². The number of carbonyl (C=O) groups is 1. The summed E-state index contributed by atoms with van der Waals surface area (Å²) in [7, 11) is 0. The van der Waals surface area contributed by atoms with Gasteiger partial charge < -0.3 is 10.4 Å². The van der Waals surface area contributed by atoms with E-state index < -0.39 is 22.4 Å². The largest absolute Gasteiger partial charge is 0.480 e. The van der Waals surface area contributed by atoms with Gasteiger partial charge in [0, 0.05) is 0 Å². The van der Waals surface area contributed by atoms with Crippen LogP contribution in [0, 0.1) is 15.9 Å². The van der Waals surface area contributed by atoms with E-state index in [-0.39, 0.29) is 18.8 Å². The predicted octanol–water partition coefficient (Wildman–Crippen LogP) is 1.02. The van der Waals surface area contributed by atoms with Crippen molar-refractivity contribution in [1.82, 2.24) is 15.0 Å². The minimum atomic E-state index is -1.06. The van der Waals surface area contributed by atoms with Crippen molar-refractivity contribution in [3.8, 4) is 0 Å². The average molecular weight is 295 g/mol. The standard InChI is InChI=1S/C11H10FN5O4/c12-7-1-2-9(10(3-7)17(20)21)13-4-8-5-16(15-14-8)6-11(18)19/h1-3,5,13H,4,6H2,(H,18,19). The van der Waals surface area contributed by atoms with Crippen molar-refractivity contribution < 1.29 is 19.2 Å². The molecular formula is C11H10FN5O4. The van der Waals surface area contributed by atoms with Crippen molar-refractivity contribution >= 4 is 17.3 Å². The summed E-state index contributed by atoms with van der Waals surface area (Å²) in [6, 6.07) is 3.15. The molecule has 0 aliphatic rings. The number of carboxylic acid groups (broad SMARTS) is 1. The molecule has 0 radical (unpaired) electrons. The maximum atomic E-state index is 13.0. The van der Waals surface area contributed by atoms with Crippen LogP contribution in [0.1, 0.15) is 5.69 Å². The molecule has 1 aromatic carbocycles. The first kappa shape index (κ1) is 14.4. The molecule has 0 unspecified atom stereocenters. The Morgan fingerprint density at radius 1 is 1.52 bits per heavy atom. The lowest BCUT2D eigenvalue weighted by molar-refractivity contribution is -0.384. The van der Waals surface area contributed by atoms with Crippen LogP contribution >= 0.6 is 0 Å². The van der Waals surface area contributed by atoms with E-state index in [9.17, 15) is 19.3 Å². The summed E-state index contributed by atoms with van der Waals surface area (Å²) in [6.45, 7) is -0.240. The average Bonchev–Trinajstić information content (AvgIpc) is 2.83. The van der Waals surface area contributed by atoms with Crippen molar-refractivity contribution in [1.29, 1.82) is 0 Å². The van der Waals surface area contributed by atoms with E-state index >= 15 is 0 Å². The van der Waals surface area contributed by atoms with Crippen LogP contribution in [-0.2, 0) is 17.9 Å². The molecular weight excluding hydrogens is 285 g/mol. The van der Waals surface area contributed by atoms with Crippen LogP contribution in [0.3, 0.4) is 0 Å². The van der Waals surface area contributed by atoms with Crippen LogP contribution in [-0.4, -0.2) is 31.0 Å². The number of hydrogen-bond acceptors (Lipinski definition) is 6. The predicted molar refractivity (Wildman–Crippen MR) is 68.0 cm³/mol. The Morgan fingerprint density at radius 3 is 2.95 bits per heavy atom. The van der Waals surface area contributed by atoms with Gasteiger partial charge in [-0.05, 0) is 12.1 Å². The second kappa shape index (κ2) is 5.94. The Bertz CT molecular complexity index is 687. The number of benzene rings is 1. The number of rotatable bonds is 6. The summed E-state index contributed by atoms with van der Waals surface area (Å²) < 4.78 is 14.1. The molecule has 2 rings (SSSR count). The van der Waals surface area contributed by atoms with Crippen molar-refractivity contribution in [2.24, 2.45) is 0 Å². The molecule has 0 aliphatic carbocycles. The lowest BCUT2D eigenvalue weighted by Crippen LogP contribution is -2.09. The summed E-state index contributed by atoms with van der Waals surface area (Å²) in [5.74, 6) is -1.77. The van der Waals surface area contributed by atoms with Gasteiger partial charge in [-0.2, -0.15) is 0 Å². The molecule has 0 atom stereocenters. The summed E-state index contributed by atoms with van der Waals surface area (Å²) in [5.41, 5.74) is 0.136. The topological polar surface area (TPSA) is 123 Å². The molecule has 2 N–H and O–H groups in total. The Kier molecular flexibility index (Phi) is 4.07. The Labute approximate surface area is 117 Å². The molecule has 0 amide bonds. The Morgan fingerprint density at radius 2 is 2.29 bits per heavy atom. The maximum Gasteiger partial charge on any atom is 0.325 e. The third-order valence-corrected chi connectivity index (χ3v) is 2.50. The van der Waals surface area contributed by atoms with Gasteiger partial charge in [0.1, 0.15) is 23.7 Å². The molecule has 0 saturated heterocycles. The normalized spacial score (nSPS) is 10.3. The summed E-state index contributed by atoms with van der Waals surface area (Å²) in [6.07, 6.45) is 1.40. The zero-order chi connectivity index (χ0) is 15.4. The minimum Gasteiger partial charge on any atom is -0.480 e. The fourth-order valence-corrected chi connectivity index (χ4v) is 1.63. The lowest BCUT2D eigenvalue weighted by Gasteiger charge is -2.04. The molecule has 10 heteroatoms. The SMILES string of the molecule is O=C(O)Cn1cc(CNc2ccc(F)cc2[N+](=O)[O-])nn1. The number of aromatic nitrogens is 3. The van der Waals surface area contributed by atoms with E-state index in [0.717, 1.165) is 16.8 Å². The first-order chi connectivity index (χ1) is 9.95. The number of nitro benzene ring substituents is 1. The summed E-state index contributed by atoms with van der Waals surface area (Å²) in [4.78, 5) is 20.6. The van der Waals surface area contributed by atoms with Gasteiger partial charge in [0.15, 0.2) is 0 Å². The van der Waals surface area contributed by atoms with E-state index in [1.165, 1.54) is 12.3 Å². The van der Waals surface area contributed by atoms with Crippen molar-refractivity contribution in [2.75, 3.05) is 5.32 Å². The lowest BCUT2D eigenvalue weighted by atomic mass is 10.2. The zero-order valence-corrected chi connectivity index (χ0v) is 10.6. The number of carboxylic acids is 1. The third-order valence-electron chi connectivity index (χ3n) is 2.50. The van der Waals surface area contributed by atoms with Crippen LogP contribution in [0.4, 0.5) is 15.8 Å². The second-order valence-corrected chi connectivity index (χ2v) is 4.07. The fourth-order valence-electron chi connectivity index (χ4n) is 1.63. The van der Waals surface area contributed by atoms with Crippen LogP contribution in [0.2, 0.25) is 0 Å². The molecule has 110 valence electrons. The highest BCUT2D eigenvalue weighted by Gasteiger charge is 2.15. The Hall–Kier alpha value is -3.04. The van der Waals surface area contributed by atoms with E-state index in [2.05, 4.69) is 15.6 Å². The molecule has 0 spiro atoms. The highest BCUT2D eigenvalue weighted by Crippen LogP contribution is 2.25. The number of hydrogen-bond donors (Lipinski definition) is 2. The summed E-state index contributed by atoms with van der Waals surface area (Å²) in [5, 5.41) is 29.5. The number of nitrogens with zero attached hydrogens (tertiary/aromatic N) is 4. The minimum absolute atomic E-state index is 0.0894. The van der Waals surface area contributed by atoms with Gasteiger partial charge in [0.2, 0.25) is 0 Å². The first-order valence-corrected chi connectivity index (χ1v) is 5.74. The van der Waals surface area contributed by atoms with Crippen LogP contribution in [0.25, 0.3) is 0 Å². The van der Waals surface area contributed by atoms with Crippen molar-refractivity contribution in [3.05, 3.63) is 46.0 Å². The van der Waals surface area contributed by atoms with Gasteiger partial charge in [-0.15, -0.1) is 5.10 Å². The molecule has 2 aromatic rings. The van der Waals surface area contributed by atoms with Gasteiger partial charge in [-0.25, -0.2) is 9.07 Å². The van der Waals surface area contributed by atoms with E-state index in [1.807, 2.05) is 0 Å². The van der Waals surface area contributed by atoms with Crippen molar-refractivity contribution in [2.45, 2.75) is 13.1 Å². The quantitative estimate of drug-likeness (QED) is 0.602. The molecule has 1 heterocycles. The van der Waals surface area contributed by atoms with Crippen molar-refractivity contribution in [3.63, 3.8) is 0 Å². The van der Waals surface area contributed by atoms with Gasteiger partial charge >= 0.3 is 5.97 Å². The smallest absolute Gasteiger partial charge is 0.325 e. The zero-order valence-electron chi connectivity index (χ0n) is 10.6. The molecule has 9 nitrogen and oxygen atoms in total. The van der Waals surface area contributed by atoms with E-state index in [4.69, 9.17) is 5.11 Å². The monoisotopic (exact) mass is 295 g/mol. The van der Waals surface area contributed by atoms with Crippen LogP contribution in [0.15, 0.2) is 24.4 Å². The molecule has 0 aliphatic heterocycles. The van der Waals surface area contributed by atoms with E-state index in [0.29, 0.717) is 5.69 Å². The number of nitrogens with one attached hydrogen (secondary N) is 1. The molecule has 1 aromatic heterocycles. The van der Waals surface area contributed by atoms with E-state index in [1.54, 1.807) is 0 Å². The van der Waals surface area contributed by atoms with Crippen LogP contribution in [0.5, 0.6) is 0 Å². The number of nitro groups is 1. The Balaban J connectivity index is 2.08. The molecule has 0 fully saturated rings. The maximum absolute atomic E-state index is 13.0. The fraction of sp³-hybridized carbons (Fsp3) is 0.182. The van der Waals surface area contributed by atoms with Gasteiger partial charge in [-0.3, -0.25) is 14.9 Å². The van der Waals surface area contributed by atoms with Gasteiger partial charge in [-0.1, -0.05) is 5.21 Å². The summed E-state index contributed by atoms with van der Waals surface area (Å²) >= 11 is 0. The second-order valence-electron chi connectivity index (χ2n) is 4.07. The highest BCUT2D eigenvalue weighted by atomic mass is 19.1. The number of aliphatic carboxylic acids is 1. The molecule has 21 heavy (non-hydrogen) atoms. The molecule has 0 saturated carbocycles.